The molecule has 1 aromatic heterocycles. The number of hydrogen-bond donors (Lipinski definition) is 2. The number of likely N-dealkylation sites (tertiary alicyclic amines) is 1. The van der Waals surface area contributed by atoms with Crippen LogP contribution in [0, 0.1) is 29.1 Å². The van der Waals surface area contributed by atoms with Gasteiger partial charge in [0.15, 0.2) is 0 Å². The van der Waals surface area contributed by atoms with Crippen LogP contribution in [0.2, 0.25) is 5.02 Å². The van der Waals surface area contributed by atoms with Gasteiger partial charge in [-0.2, -0.15) is 5.10 Å². The maximum atomic E-state index is 14.4. The molecule has 5 saturated carbocycles. The summed E-state index contributed by atoms with van der Waals surface area (Å²) in [6, 6.07) is 8.04. The number of hydrogen-bond acceptors (Lipinski definition) is 5. The molecular weight excluding hydrogens is 534 g/mol. The molecule has 222 valence electrons. The highest BCUT2D eigenvalue weighted by Crippen LogP contribution is 2.56. The molecule has 0 spiro atoms. The highest BCUT2D eigenvalue weighted by molar-refractivity contribution is 6.30. The summed E-state index contributed by atoms with van der Waals surface area (Å²) >= 11 is 6.20. The number of aromatic nitrogens is 3. The first-order valence-electron chi connectivity index (χ1n) is 16.2. The van der Waals surface area contributed by atoms with Gasteiger partial charge in [-0.15, -0.1) is 0 Å². The number of carbonyl (C=O) groups is 1. The van der Waals surface area contributed by atoms with Crippen molar-refractivity contribution < 1.29 is 9.90 Å². The Kier molecular flexibility index (Phi) is 7.66. The summed E-state index contributed by atoms with van der Waals surface area (Å²) in [6.07, 6.45) is 17.9. The average molecular weight is 580 g/mol. The monoisotopic (exact) mass is 579 g/mol. The van der Waals surface area contributed by atoms with Gasteiger partial charge in [0.05, 0.1) is 11.6 Å². The molecule has 5 aliphatic carbocycles. The third-order valence-electron chi connectivity index (χ3n) is 11.8. The van der Waals surface area contributed by atoms with Crippen LogP contribution >= 0.6 is 11.6 Å². The van der Waals surface area contributed by atoms with Crippen molar-refractivity contribution in [2.75, 3.05) is 13.1 Å². The number of nitrogens with zero attached hydrogens (tertiary/aromatic N) is 4. The van der Waals surface area contributed by atoms with E-state index in [-0.39, 0.29) is 17.4 Å². The fraction of sp³-hybridized carbons (Fsp3) is 0.727. The highest BCUT2D eigenvalue weighted by Gasteiger charge is 2.55. The average Bonchev–Trinajstić information content (AvgIpc) is 3.48. The Hall–Kier alpha value is -1.96. The van der Waals surface area contributed by atoms with E-state index in [0.717, 1.165) is 62.3 Å². The lowest BCUT2D eigenvalue weighted by atomic mass is 9.52. The van der Waals surface area contributed by atoms with Crippen LogP contribution in [-0.4, -0.2) is 61.5 Å². The van der Waals surface area contributed by atoms with E-state index in [1.165, 1.54) is 44.9 Å². The van der Waals surface area contributed by atoms with Gasteiger partial charge >= 0.3 is 0 Å². The minimum absolute atomic E-state index is 0.181. The molecule has 1 aliphatic heterocycles. The zero-order valence-corrected chi connectivity index (χ0v) is 25.0. The van der Waals surface area contributed by atoms with E-state index >= 15 is 0 Å². The largest absolute Gasteiger partial charge is 0.390 e. The third-order valence-corrected chi connectivity index (χ3v) is 12.0. The van der Waals surface area contributed by atoms with Gasteiger partial charge in [0, 0.05) is 30.7 Å². The molecule has 1 saturated heterocycles. The summed E-state index contributed by atoms with van der Waals surface area (Å²) < 4.78 is 2.03. The van der Waals surface area contributed by atoms with Crippen molar-refractivity contribution in [2.45, 2.75) is 108 Å². The second kappa shape index (κ2) is 11.3. The van der Waals surface area contributed by atoms with E-state index in [1.54, 1.807) is 6.33 Å². The molecule has 0 radical (unpaired) electrons. The number of benzene rings is 1. The van der Waals surface area contributed by atoms with Gasteiger partial charge in [-0.05, 0) is 111 Å². The van der Waals surface area contributed by atoms with E-state index in [0.29, 0.717) is 36.1 Å². The number of piperidine rings is 1. The second-order valence-corrected chi connectivity index (χ2v) is 14.8. The first kappa shape index (κ1) is 27.8. The molecule has 2 N–H and O–H groups in total. The standard InChI is InChI=1S/C33H46ClN5O2/c34-28-8-6-23(7-9-28)16-29(37-30-25-14-24-15-26(30)19-33(41,17-24)18-25)31(40)38-12-10-32(11-13-38,20-39-22-35-21-36-39)27-4-2-1-3-5-27/h6-9,21-22,24-27,29-30,37,41H,1-5,10-20H2/t24-,25+,26-,29-,30?,33-/m1/s1. The molecule has 41 heavy (non-hydrogen) atoms. The van der Waals surface area contributed by atoms with E-state index < -0.39 is 5.60 Å². The number of carbonyl (C=O) groups excluding carboxylic acids is 1. The van der Waals surface area contributed by atoms with Crippen molar-refractivity contribution in [1.29, 1.82) is 0 Å². The van der Waals surface area contributed by atoms with Crippen molar-refractivity contribution >= 4 is 17.5 Å². The maximum Gasteiger partial charge on any atom is 0.240 e. The quantitative estimate of drug-likeness (QED) is 0.446. The van der Waals surface area contributed by atoms with E-state index in [4.69, 9.17) is 11.6 Å². The normalized spacial score (nSPS) is 33.7. The van der Waals surface area contributed by atoms with E-state index in [1.807, 2.05) is 23.1 Å². The van der Waals surface area contributed by atoms with Crippen LogP contribution in [-0.2, 0) is 17.8 Å². The fourth-order valence-corrected chi connectivity index (χ4v) is 10.1. The van der Waals surface area contributed by atoms with Crippen LogP contribution in [0.15, 0.2) is 36.9 Å². The second-order valence-electron chi connectivity index (χ2n) is 14.4. The Balaban J connectivity index is 1.09. The van der Waals surface area contributed by atoms with Gasteiger partial charge in [0.1, 0.15) is 12.7 Å². The van der Waals surface area contributed by atoms with Crippen LogP contribution in [0.3, 0.4) is 0 Å². The first-order valence-corrected chi connectivity index (χ1v) is 16.6. The van der Waals surface area contributed by atoms with Gasteiger partial charge < -0.3 is 15.3 Å². The molecule has 6 fully saturated rings. The molecule has 8 rings (SSSR count). The minimum Gasteiger partial charge on any atom is -0.390 e. The van der Waals surface area contributed by atoms with Gasteiger partial charge in [0.25, 0.3) is 0 Å². The van der Waals surface area contributed by atoms with Gasteiger partial charge in [-0.25, -0.2) is 4.98 Å². The summed E-state index contributed by atoms with van der Waals surface area (Å²) in [4.78, 5) is 20.7. The first-order chi connectivity index (χ1) is 19.9. The third kappa shape index (κ3) is 5.71. The van der Waals surface area contributed by atoms with E-state index in [9.17, 15) is 9.90 Å². The van der Waals surface area contributed by atoms with Gasteiger partial charge in [0.2, 0.25) is 5.91 Å². The Labute approximate surface area is 249 Å². The number of rotatable bonds is 8. The molecule has 6 aliphatic rings. The molecule has 2 aromatic rings. The molecule has 1 unspecified atom stereocenters. The number of nitrogens with one attached hydrogen (secondary N) is 1. The minimum atomic E-state index is -0.468. The summed E-state index contributed by atoms with van der Waals surface area (Å²) in [7, 11) is 0. The van der Waals surface area contributed by atoms with Crippen molar-refractivity contribution in [1.82, 2.24) is 25.0 Å². The SMILES string of the molecule is O=C([C@@H](Cc1ccc(Cl)cc1)NC1[C@@H]2C[C@H]3C[C@H]1C[C@](O)(C3)C2)N1CCC(Cn2cncn2)(C2CCCCC2)CC1. The van der Waals surface area contributed by atoms with Gasteiger partial charge in [-0.3, -0.25) is 9.48 Å². The number of aliphatic hydroxyl groups is 1. The Morgan fingerprint density at radius 2 is 1.76 bits per heavy atom. The highest BCUT2D eigenvalue weighted by atomic mass is 35.5. The summed E-state index contributed by atoms with van der Waals surface area (Å²) in [5.74, 6) is 2.52. The summed E-state index contributed by atoms with van der Waals surface area (Å²) in [5, 5.41) is 20.3. The van der Waals surface area contributed by atoms with Crippen LogP contribution < -0.4 is 5.32 Å². The van der Waals surface area contributed by atoms with Crippen LogP contribution in [0.25, 0.3) is 0 Å². The van der Waals surface area contributed by atoms with Crippen LogP contribution in [0.5, 0.6) is 0 Å². The smallest absolute Gasteiger partial charge is 0.240 e. The van der Waals surface area contributed by atoms with Crippen molar-refractivity contribution in [3.05, 3.63) is 47.5 Å². The Morgan fingerprint density at radius 3 is 2.39 bits per heavy atom. The molecule has 6 atom stereocenters. The molecule has 1 amide bonds. The molecule has 7 nitrogen and oxygen atoms in total. The molecule has 1 aromatic carbocycles. The maximum absolute atomic E-state index is 14.4. The fourth-order valence-electron chi connectivity index (χ4n) is 10.00. The summed E-state index contributed by atoms with van der Waals surface area (Å²) in [5.41, 5.74) is 0.854. The lowest BCUT2D eigenvalue weighted by molar-refractivity contribution is -0.146. The van der Waals surface area contributed by atoms with Crippen molar-refractivity contribution in [2.24, 2.45) is 29.1 Å². The molecule has 4 bridgehead atoms. The Morgan fingerprint density at radius 1 is 1.05 bits per heavy atom. The van der Waals surface area contributed by atoms with Gasteiger partial charge in [-0.1, -0.05) is 43.0 Å². The van der Waals surface area contributed by atoms with Crippen molar-refractivity contribution in [3.63, 3.8) is 0 Å². The number of halogens is 1. The predicted molar refractivity (Wildman–Crippen MR) is 159 cm³/mol. The topological polar surface area (TPSA) is 83.3 Å². The van der Waals surface area contributed by atoms with Crippen LogP contribution in [0.1, 0.15) is 82.6 Å². The number of amides is 1. The molecular formula is C33H46ClN5O2. The van der Waals surface area contributed by atoms with Crippen LogP contribution in [0.4, 0.5) is 0 Å². The lowest BCUT2D eigenvalue weighted by Crippen LogP contribution is -2.64. The zero-order chi connectivity index (χ0) is 28.0. The van der Waals surface area contributed by atoms with Crippen molar-refractivity contribution in [3.8, 4) is 0 Å². The molecule has 8 heteroatoms. The summed E-state index contributed by atoms with van der Waals surface area (Å²) in [6.45, 7) is 2.52. The van der Waals surface area contributed by atoms with E-state index in [2.05, 4.69) is 32.4 Å². The Bertz CT molecular complexity index is 1170. The zero-order valence-electron chi connectivity index (χ0n) is 24.3. The predicted octanol–water partition coefficient (Wildman–Crippen LogP) is 5.26. The molecule has 2 heterocycles. The lowest BCUT2D eigenvalue weighted by Gasteiger charge is -2.58.